The number of hydrogen-bond acceptors (Lipinski definition) is 6. The van der Waals surface area contributed by atoms with Gasteiger partial charge in [-0.25, -0.2) is 14.2 Å². The summed E-state index contributed by atoms with van der Waals surface area (Å²) in [5.74, 6) is -0.701. The Balaban J connectivity index is 1.79. The topological polar surface area (TPSA) is 61.8 Å². The molecule has 1 aromatic carbocycles. The number of rotatable bonds is 2. The van der Waals surface area contributed by atoms with Gasteiger partial charge in [0.2, 0.25) is 5.95 Å². The van der Waals surface area contributed by atoms with Crippen molar-refractivity contribution in [2.45, 2.75) is 57.5 Å². The van der Waals surface area contributed by atoms with Gasteiger partial charge in [-0.2, -0.15) is 18.2 Å². The van der Waals surface area contributed by atoms with E-state index >= 15 is 4.39 Å². The Morgan fingerprint density at radius 2 is 1.74 bits per heavy atom. The summed E-state index contributed by atoms with van der Waals surface area (Å²) in [5.41, 5.74) is -1.97. The van der Waals surface area contributed by atoms with E-state index in [0.717, 1.165) is 18.9 Å². The Morgan fingerprint density at radius 3 is 2.24 bits per heavy atom. The van der Waals surface area contributed by atoms with E-state index in [0.29, 0.717) is 13.1 Å². The number of piperazine rings is 1. The predicted molar refractivity (Wildman–Crippen MR) is 124 cm³/mol. The van der Waals surface area contributed by atoms with Gasteiger partial charge in [-0.15, -0.1) is 0 Å². The molecule has 1 aromatic heterocycles. The molecule has 12 heteroatoms. The van der Waals surface area contributed by atoms with Gasteiger partial charge < -0.3 is 14.5 Å². The Bertz CT molecular complexity index is 1120. The summed E-state index contributed by atoms with van der Waals surface area (Å²) >= 11 is 2.76. The van der Waals surface area contributed by atoms with Crippen molar-refractivity contribution in [2.24, 2.45) is 0 Å². The van der Waals surface area contributed by atoms with E-state index in [1.165, 1.54) is 0 Å². The van der Waals surface area contributed by atoms with Crippen LogP contribution in [0.15, 0.2) is 10.5 Å². The number of anilines is 2. The van der Waals surface area contributed by atoms with Crippen LogP contribution in [-0.4, -0.2) is 65.8 Å². The lowest BCUT2D eigenvalue weighted by Gasteiger charge is -2.42. The Kier molecular flexibility index (Phi) is 6.10. The minimum Gasteiger partial charge on any atom is -0.444 e. The highest BCUT2D eigenvalue weighted by Gasteiger charge is 2.45. The van der Waals surface area contributed by atoms with Crippen LogP contribution in [-0.2, 0) is 10.9 Å². The Hall–Kier alpha value is -2.37. The zero-order valence-corrected chi connectivity index (χ0v) is 21.1. The third-order valence-electron chi connectivity index (χ3n) is 5.93. The molecule has 2 aromatic rings. The molecular weight excluding hydrogens is 522 g/mol. The van der Waals surface area contributed by atoms with Crippen molar-refractivity contribution in [3.63, 3.8) is 0 Å². The second kappa shape index (κ2) is 8.39. The molecule has 0 aliphatic carbocycles. The number of carbonyl (C=O) groups excluding carboxylic acids is 1. The van der Waals surface area contributed by atoms with E-state index in [1.807, 2.05) is 4.90 Å². The maximum Gasteiger partial charge on any atom is 0.417 e. The Labute approximate surface area is 203 Å². The number of carbonyl (C=O) groups is 1. The monoisotopic (exact) mass is 547 g/mol. The van der Waals surface area contributed by atoms with Gasteiger partial charge in [0.05, 0.1) is 22.1 Å². The first kappa shape index (κ1) is 24.7. The van der Waals surface area contributed by atoms with Crippen LogP contribution >= 0.6 is 15.9 Å². The van der Waals surface area contributed by atoms with Crippen molar-refractivity contribution in [1.29, 1.82) is 0 Å². The smallest absolute Gasteiger partial charge is 0.417 e. The lowest BCUT2D eigenvalue weighted by Crippen LogP contribution is -2.57. The minimum absolute atomic E-state index is 0.0243. The van der Waals surface area contributed by atoms with E-state index in [1.54, 1.807) is 44.7 Å². The van der Waals surface area contributed by atoms with Crippen LogP contribution in [0.25, 0.3) is 10.9 Å². The molecule has 2 bridgehead atoms. The molecule has 0 unspecified atom stereocenters. The first-order valence-electron chi connectivity index (χ1n) is 10.9. The largest absolute Gasteiger partial charge is 0.444 e. The van der Waals surface area contributed by atoms with E-state index < -0.39 is 33.7 Å². The third kappa shape index (κ3) is 4.48. The maximum atomic E-state index is 15.1. The van der Waals surface area contributed by atoms with Crippen molar-refractivity contribution in [2.75, 3.05) is 37.0 Å². The molecule has 4 rings (SSSR count). The molecule has 2 fully saturated rings. The average molecular weight is 548 g/mol. The van der Waals surface area contributed by atoms with Crippen molar-refractivity contribution in [3.8, 4) is 0 Å². The summed E-state index contributed by atoms with van der Waals surface area (Å²) in [4.78, 5) is 26.6. The second-order valence-electron chi connectivity index (χ2n) is 9.87. The van der Waals surface area contributed by atoms with E-state index in [-0.39, 0.29) is 34.8 Å². The highest BCUT2D eigenvalue weighted by Crippen LogP contribution is 2.42. The molecule has 186 valence electrons. The van der Waals surface area contributed by atoms with Crippen LogP contribution in [0.1, 0.15) is 39.2 Å². The molecule has 2 saturated heterocycles. The van der Waals surface area contributed by atoms with Crippen molar-refractivity contribution in [3.05, 3.63) is 21.9 Å². The molecule has 2 aliphatic rings. The fourth-order valence-electron chi connectivity index (χ4n) is 4.51. The van der Waals surface area contributed by atoms with Gasteiger partial charge >= 0.3 is 12.3 Å². The molecule has 3 heterocycles. The lowest BCUT2D eigenvalue weighted by atomic mass is 10.1. The van der Waals surface area contributed by atoms with Crippen molar-refractivity contribution in [1.82, 2.24) is 14.9 Å². The van der Waals surface area contributed by atoms with Gasteiger partial charge in [-0.05, 0) is 55.6 Å². The molecular formula is C22H26BrF4N5O2. The number of aromatic nitrogens is 2. The zero-order valence-electron chi connectivity index (χ0n) is 19.5. The molecule has 0 saturated carbocycles. The Morgan fingerprint density at radius 1 is 1.15 bits per heavy atom. The van der Waals surface area contributed by atoms with Crippen LogP contribution in [0.4, 0.5) is 34.1 Å². The summed E-state index contributed by atoms with van der Waals surface area (Å²) < 4.78 is 60.9. The number of benzene rings is 1. The number of fused-ring (bicyclic) bond motifs is 3. The number of amides is 1. The number of halogens is 5. The van der Waals surface area contributed by atoms with E-state index in [9.17, 15) is 18.0 Å². The highest BCUT2D eigenvalue weighted by molar-refractivity contribution is 9.10. The fraction of sp³-hybridized carbons (Fsp3) is 0.591. The van der Waals surface area contributed by atoms with Crippen LogP contribution < -0.4 is 9.80 Å². The standard InChI is InChI=1S/C22H26BrF4N5O2/c1-21(2,3)34-20(33)32-11-6-7-12(32)10-31(9-11)18-13-8-14(22(25,26)27)15(23)16(24)17(13)28-19(29-18)30(4)5/h8,11-12H,6-7,9-10H2,1-5H3/t11-,12+. The fourth-order valence-corrected chi connectivity index (χ4v) is 5.04. The summed E-state index contributed by atoms with van der Waals surface area (Å²) in [6, 6.07) is 0.506. The predicted octanol–water partition coefficient (Wildman–Crippen LogP) is 5.20. The number of alkyl halides is 3. The lowest BCUT2D eigenvalue weighted by molar-refractivity contribution is -0.138. The molecule has 2 atom stereocenters. The molecule has 1 amide bonds. The number of nitrogens with zero attached hydrogens (tertiary/aromatic N) is 5. The van der Waals surface area contributed by atoms with Crippen LogP contribution in [0.2, 0.25) is 0 Å². The molecule has 0 spiro atoms. The molecule has 0 radical (unpaired) electrons. The van der Waals surface area contributed by atoms with Crippen molar-refractivity contribution >= 4 is 44.7 Å². The van der Waals surface area contributed by atoms with Gasteiger partial charge in [0.25, 0.3) is 0 Å². The average Bonchev–Trinajstić information content (AvgIpc) is 2.97. The van der Waals surface area contributed by atoms with Crippen LogP contribution in [0, 0.1) is 5.82 Å². The maximum absolute atomic E-state index is 15.1. The quantitative estimate of drug-likeness (QED) is 0.481. The van der Waals surface area contributed by atoms with Gasteiger partial charge in [-0.3, -0.25) is 4.90 Å². The normalized spacial score (nSPS) is 20.8. The molecule has 0 N–H and O–H groups in total. The zero-order chi connectivity index (χ0) is 25.2. The molecule has 2 aliphatic heterocycles. The number of hydrogen-bond donors (Lipinski definition) is 0. The molecule has 7 nitrogen and oxygen atoms in total. The van der Waals surface area contributed by atoms with E-state index in [4.69, 9.17) is 4.74 Å². The van der Waals surface area contributed by atoms with Gasteiger partial charge in [-0.1, -0.05) is 0 Å². The first-order chi connectivity index (χ1) is 15.7. The van der Waals surface area contributed by atoms with Crippen LogP contribution in [0.3, 0.4) is 0 Å². The van der Waals surface area contributed by atoms with Gasteiger partial charge in [0.15, 0.2) is 5.82 Å². The van der Waals surface area contributed by atoms with Gasteiger partial charge in [0.1, 0.15) is 16.9 Å². The summed E-state index contributed by atoms with van der Waals surface area (Å²) in [6.07, 6.45) is -3.70. The molecule has 34 heavy (non-hydrogen) atoms. The van der Waals surface area contributed by atoms with Crippen molar-refractivity contribution < 1.29 is 27.1 Å². The van der Waals surface area contributed by atoms with Crippen LogP contribution in [0.5, 0.6) is 0 Å². The first-order valence-corrected chi connectivity index (χ1v) is 11.7. The third-order valence-corrected chi connectivity index (χ3v) is 6.71. The van der Waals surface area contributed by atoms with E-state index in [2.05, 4.69) is 25.9 Å². The summed E-state index contributed by atoms with van der Waals surface area (Å²) in [5, 5.41) is -0.0243. The second-order valence-corrected chi connectivity index (χ2v) is 10.7. The summed E-state index contributed by atoms with van der Waals surface area (Å²) in [7, 11) is 3.35. The number of ether oxygens (including phenoxy) is 1. The SMILES string of the molecule is CN(C)c1nc(N2C[C@H]3CC[C@@H](C2)N3C(=O)OC(C)(C)C)c2cc(C(F)(F)F)c(Br)c(F)c2n1. The minimum atomic E-state index is -4.76. The highest BCUT2D eigenvalue weighted by atomic mass is 79.9. The van der Waals surface area contributed by atoms with Gasteiger partial charge in [0, 0.05) is 32.6 Å². The summed E-state index contributed by atoms with van der Waals surface area (Å²) in [6.45, 7) is 6.07.